The van der Waals surface area contributed by atoms with E-state index < -0.39 is 22.4 Å². The van der Waals surface area contributed by atoms with Gasteiger partial charge in [0.1, 0.15) is 17.1 Å². The Labute approximate surface area is 125 Å². The van der Waals surface area contributed by atoms with Gasteiger partial charge in [-0.3, -0.25) is 10.1 Å². The van der Waals surface area contributed by atoms with E-state index in [4.69, 9.17) is 4.74 Å². The van der Waals surface area contributed by atoms with Crippen molar-refractivity contribution in [1.82, 2.24) is 0 Å². The van der Waals surface area contributed by atoms with Crippen LogP contribution in [0.5, 0.6) is 11.5 Å². The van der Waals surface area contributed by atoms with Crippen LogP contribution in [0.15, 0.2) is 46.9 Å². The molecule has 0 aromatic heterocycles. The summed E-state index contributed by atoms with van der Waals surface area (Å²) in [4.78, 5) is 9.57. The molecule has 0 atom stereocenters. The molecule has 0 saturated heterocycles. The van der Waals surface area contributed by atoms with E-state index in [-0.39, 0.29) is 5.75 Å². The van der Waals surface area contributed by atoms with E-state index in [0.29, 0.717) is 16.3 Å². The number of hydrogen-bond donors (Lipinski definition) is 0. The molecule has 2 aromatic carbocycles. The van der Waals surface area contributed by atoms with Gasteiger partial charge in [-0.15, -0.1) is 0 Å². The van der Waals surface area contributed by atoms with E-state index in [2.05, 4.69) is 15.9 Å². The molecule has 4 nitrogen and oxygen atoms in total. The normalized spacial score (nSPS) is 11.2. The Balaban J connectivity index is 2.43. The number of rotatable bonds is 3. The Morgan fingerprint density at radius 2 is 1.81 bits per heavy atom. The van der Waals surface area contributed by atoms with Crippen molar-refractivity contribution in [3.8, 4) is 11.5 Å². The topological polar surface area (TPSA) is 52.4 Å². The number of hydrogen-bond acceptors (Lipinski definition) is 3. The van der Waals surface area contributed by atoms with Gasteiger partial charge < -0.3 is 4.74 Å². The van der Waals surface area contributed by atoms with Crippen molar-refractivity contribution >= 4 is 21.6 Å². The van der Waals surface area contributed by atoms with Crippen LogP contribution in [0.4, 0.5) is 18.9 Å². The summed E-state index contributed by atoms with van der Waals surface area (Å²) in [6, 6.07) is 9.08. The molecule has 0 saturated carbocycles. The third-order valence-corrected chi connectivity index (χ3v) is 3.19. The minimum atomic E-state index is -4.84. The van der Waals surface area contributed by atoms with Crippen molar-refractivity contribution in [2.24, 2.45) is 0 Å². The van der Waals surface area contributed by atoms with Crippen LogP contribution in [-0.2, 0) is 6.18 Å². The molecule has 2 rings (SSSR count). The van der Waals surface area contributed by atoms with Gasteiger partial charge in [0.15, 0.2) is 0 Å². The van der Waals surface area contributed by atoms with E-state index in [1.54, 1.807) is 24.3 Å². The summed E-state index contributed by atoms with van der Waals surface area (Å²) >= 11 is 3.19. The van der Waals surface area contributed by atoms with E-state index in [0.717, 1.165) is 12.1 Å². The first-order valence-corrected chi connectivity index (χ1v) is 6.36. The van der Waals surface area contributed by atoms with Crippen LogP contribution in [0, 0.1) is 10.1 Å². The first-order chi connectivity index (χ1) is 9.79. The smallest absolute Gasteiger partial charge is 0.423 e. The van der Waals surface area contributed by atoms with Crippen molar-refractivity contribution in [2.75, 3.05) is 0 Å². The maximum absolute atomic E-state index is 12.8. The second kappa shape index (κ2) is 5.72. The molecule has 0 radical (unpaired) electrons. The molecule has 0 aliphatic rings. The SMILES string of the molecule is O=[N+]([O-])c1ccc(Oc2ccccc2Br)cc1C(F)(F)F. The monoisotopic (exact) mass is 361 g/mol. The lowest BCUT2D eigenvalue weighted by Crippen LogP contribution is -2.09. The quantitative estimate of drug-likeness (QED) is 0.559. The molecule has 0 N–H and O–H groups in total. The molecule has 2 aromatic rings. The standard InChI is InChI=1S/C13H7BrF3NO3/c14-10-3-1-2-4-12(10)21-8-5-6-11(18(19)20)9(7-8)13(15,16)17/h1-7H. The average molecular weight is 362 g/mol. The maximum Gasteiger partial charge on any atom is 0.423 e. The summed E-state index contributed by atoms with van der Waals surface area (Å²) in [6.45, 7) is 0. The average Bonchev–Trinajstić information content (AvgIpc) is 2.40. The van der Waals surface area contributed by atoms with Gasteiger partial charge in [-0.05, 0) is 40.2 Å². The van der Waals surface area contributed by atoms with Crippen molar-refractivity contribution in [1.29, 1.82) is 0 Å². The zero-order chi connectivity index (χ0) is 15.6. The number of alkyl halides is 3. The Morgan fingerprint density at radius 1 is 1.14 bits per heavy atom. The molecule has 0 fully saturated rings. The Kier molecular flexibility index (Phi) is 4.17. The van der Waals surface area contributed by atoms with Crippen LogP contribution < -0.4 is 4.74 Å². The first kappa shape index (κ1) is 15.3. The molecule has 0 bridgehead atoms. The summed E-state index contributed by atoms with van der Waals surface area (Å²) in [6.07, 6.45) is -4.84. The number of nitro groups is 1. The summed E-state index contributed by atoms with van der Waals surface area (Å²) in [5.41, 5.74) is -2.36. The molecular formula is C13H7BrF3NO3. The lowest BCUT2D eigenvalue weighted by atomic mass is 10.1. The second-order valence-electron chi connectivity index (χ2n) is 3.97. The van der Waals surface area contributed by atoms with Gasteiger partial charge in [0.05, 0.1) is 9.40 Å². The van der Waals surface area contributed by atoms with Crippen LogP contribution >= 0.6 is 15.9 Å². The first-order valence-electron chi connectivity index (χ1n) is 5.57. The molecule has 110 valence electrons. The fraction of sp³-hybridized carbons (Fsp3) is 0.0769. The summed E-state index contributed by atoms with van der Waals surface area (Å²) < 4.78 is 44.4. The van der Waals surface area contributed by atoms with Gasteiger partial charge in [-0.2, -0.15) is 13.2 Å². The Bertz CT molecular complexity index is 689. The van der Waals surface area contributed by atoms with Crippen LogP contribution in [0.1, 0.15) is 5.56 Å². The van der Waals surface area contributed by atoms with Crippen molar-refractivity contribution < 1.29 is 22.8 Å². The van der Waals surface area contributed by atoms with Gasteiger partial charge in [-0.25, -0.2) is 0 Å². The number of nitrogens with zero attached hydrogens (tertiary/aromatic N) is 1. The third kappa shape index (κ3) is 3.52. The Morgan fingerprint density at radius 3 is 2.38 bits per heavy atom. The molecule has 0 unspecified atom stereocenters. The van der Waals surface area contributed by atoms with Crippen LogP contribution in [0.2, 0.25) is 0 Å². The second-order valence-corrected chi connectivity index (χ2v) is 4.82. The molecule has 0 heterocycles. The third-order valence-electron chi connectivity index (χ3n) is 2.53. The van der Waals surface area contributed by atoms with Gasteiger partial charge in [0.25, 0.3) is 5.69 Å². The highest BCUT2D eigenvalue weighted by atomic mass is 79.9. The van der Waals surface area contributed by atoms with E-state index in [1.165, 1.54) is 0 Å². The lowest BCUT2D eigenvalue weighted by Gasteiger charge is -2.11. The molecule has 0 spiro atoms. The van der Waals surface area contributed by atoms with Crippen molar-refractivity contribution in [3.05, 3.63) is 62.6 Å². The van der Waals surface area contributed by atoms with Gasteiger partial charge in [-0.1, -0.05) is 12.1 Å². The predicted octanol–water partition coefficient (Wildman–Crippen LogP) is 5.17. The fourth-order valence-electron chi connectivity index (χ4n) is 1.62. The van der Waals surface area contributed by atoms with Crippen molar-refractivity contribution in [3.63, 3.8) is 0 Å². The lowest BCUT2D eigenvalue weighted by molar-refractivity contribution is -0.388. The highest BCUT2D eigenvalue weighted by Gasteiger charge is 2.38. The van der Waals surface area contributed by atoms with Gasteiger partial charge >= 0.3 is 6.18 Å². The number of benzene rings is 2. The molecule has 0 aliphatic heterocycles. The number of halogens is 4. The molecule has 0 aliphatic carbocycles. The summed E-state index contributed by atoms with van der Waals surface area (Å²) in [7, 11) is 0. The molecular weight excluding hydrogens is 355 g/mol. The van der Waals surface area contributed by atoms with E-state index >= 15 is 0 Å². The minimum Gasteiger partial charge on any atom is -0.456 e. The highest BCUT2D eigenvalue weighted by Crippen LogP contribution is 2.39. The predicted molar refractivity (Wildman–Crippen MR) is 72.3 cm³/mol. The molecule has 8 heteroatoms. The van der Waals surface area contributed by atoms with Gasteiger partial charge in [0.2, 0.25) is 0 Å². The van der Waals surface area contributed by atoms with E-state index in [9.17, 15) is 23.3 Å². The molecule has 21 heavy (non-hydrogen) atoms. The largest absolute Gasteiger partial charge is 0.456 e. The fourth-order valence-corrected chi connectivity index (χ4v) is 1.99. The van der Waals surface area contributed by atoms with Crippen LogP contribution in [0.3, 0.4) is 0 Å². The van der Waals surface area contributed by atoms with E-state index in [1.807, 2.05) is 0 Å². The zero-order valence-corrected chi connectivity index (χ0v) is 11.8. The summed E-state index contributed by atoms with van der Waals surface area (Å²) in [5.74, 6) is 0.166. The summed E-state index contributed by atoms with van der Waals surface area (Å²) in [5, 5.41) is 10.6. The van der Waals surface area contributed by atoms with Crippen LogP contribution in [0.25, 0.3) is 0 Å². The number of ether oxygens (including phenoxy) is 1. The van der Waals surface area contributed by atoms with Crippen molar-refractivity contribution in [2.45, 2.75) is 6.18 Å². The number of nitro benzene ring substituents is 1. The molecule has 0 amide bonds. The maximum atomic E-state index is 12.8. The number of para-hydroxylation sites is 1. The highest BCUT2D eigenvalue weighted by molar-refractivity contribution is 9.10. The van der Waals surface area contributed by atoms with Crippen LogP contribution in [-0.4, -0.2) is 4.92 Å². The zero-order valence-electron chi connectivity index (χ0n) is 10.2. The Hall–Kier alpha value is -2.09. The minimum absolute atomic E-state index is 0.139. The van der Waals surface area contributed by atoms with Gasteiger partial charge in [0, 0.05) is 6.07 Å².